The van der Waals surface area contributed by atoms with Crippen molar-refractivity contribution in [2.24, 2.45) is 0 Å². The van der Waals surface area contributed by atoms with Gasteiger partial charge in [0, 0.05) is 31.3 Å². The third-order valence-corrected chi connectivity index (χ3v) is 5.12. The van der Waals surface area contributed by atoms with E-state index in [2.05, 4.69) is 71.9 Å². The molecule has 1 aliphatic rings. The highest BCUT2D eigenvalue weighted by Crippen LogP contribution is 2.26. The van der Waals surface area contributed by atoms with Crippen molar-refractivity contribution in [3.63, 3.8) is 0 Å². The lowest BCUT2D eigenvalue weighted by molar-refractivity contribution is 0.743. The maximum Gasteiger partial charge on any atom is 0.225 e. The minimum atomic E-state index is 0.489. The molecule has 0 saturated heterocycles. The Morgan fingerprint density at radius 2 is 1.59 bits per heavy atom. The van der Waals surface area contributed by atoms with Gasteiger partial charge in [0.05, 0.1) is 5.69 Å². The van der Waals surface area contributed by atoms with E-state index in [4.69, 9.17) is 9.97 Å². The fraction of sp³-hybridized carbons (Fsp3) is 0.304. The first-order valence-corrected chi connectivity index (χ1v) is 9.74. The summed E-state index contributed by atoms with van der Waals surface area (Å²) in [4.78, 5) is 11.8. The van der Waals surface area contributed by atoms with Crippen LogP contribution in [-0.2, 0) is 6.54 Å². The number of hydrogen-bond donors (Lipinski definition) is 1. The normalized spacial score (nSPS) is 14.3. The molecule has 0 unspecified atom stereocenters. The average molecular weight is 358 g/mol. The summed E-state index contributed by atoms with van der Waals surface area (Å²) in [6.45, 7) is 0.814. The Hall–Kier alpha value is -2.88. The lowest BCUT2D eigenvalue weighted by Crippen LogP contribution is -2.21. The standard InChI is InChI=1S/C23H26N4/c1-27(17-18-10-4-2-5-11-18)22-16-21(19-12-6-3-7-13-19)25-23(26-22)24-20-14-8-9-15-20/h2-7,10-13,16,20H,8-9,14-15,17H2,1H3,(H,24,25,26). The molecule has 0 aliphatic heterocycles. The summed E-state index contributed by atoms with van der Waals surface area (Å²) in [7, 11) is 2.09. The molecule has 27 heavy (non-hydrogen) atoms. The van der Waals surface area contributed by atoms with Crippen molar-refractivity contribution in [3.05, 3.63) is 72.3 Å². The number of nitrogens with zero attached hydrogens (tertiary/aromatic N) is 3. The highest BCUT2D eigenvalue weighted by Gasteiger charge is 2.17. The Kier molecular flexibility index (Phi) is 5.33. The van der Waals surface area contributed by atoms with Gasteiger partial charge in [0.25, 0.3) is 0 Å². The highest BCUT2D eigenvalue weighted by atomic mass is 15.2. The van der Waals surface area contributed by atoms with Gasteiger partial charge in [-0.1, -0.05) is 73.5 Å². The second-order valence-corrected chi connectivity index (χ2v) is 7.27. The van der Waals surface area contributed by atoms with Crippen molar-refractivity contribution < 1.29 is 0 Å². The molecule has 1 fully saturated rings. The van der Waals surface area contributed by atoms with Crippen molar-refractivity contribution in [2.75, 3.05) is 17.3 Å². The smallest absolute Gasteiger partial charge is 0.225 e. The molecule has 4 nitrogen and oxygen atoms in total. The van der Waals surface area contributed by atoms with Gasteiger partial charge in [-0.25, -0.2) is 4.98 Å². The zero-order valence-corrected chi connectivity index (χ0v) is 15.8. The number of aromatic nitrogens is 2. The molecule has 4 rings (SSSR count). The molecule has 3 aromatic rings. The molecule has 0 amide bonds. The molecule has 0 atom stereocenters. The van der Waals surface area contributed by atoms with Gasteiger partial charge in [-0.15, -0.1) is 0 Å². The Morgan fingerprint density at radius 3 is 2.30 bits per heavy atom. The van der Waals surface area contributed by atoms with E-state index in [0.717, 1.165) is 29.6 Å². The van der Waals surface area contributed by atoms with Crippen LogP contribution in [0.4, 0.5) is 11.8 Å². The van der Waals surface area contributed by atoms with Crippen LogP contribution in [0.5, 0.6) is 0 Å². The zero-order valence-electron chi connectivity index (χ0n) is 15.8. The van der Waals surface area contributed by atoms with Crippen molar-refractivity contribution in [1.82, 2.24) is 9.97 Å². The topological polar surface area (TPSA) is 41.1 Å². The van der Waals surface area contributed by atoms with Gasteiger partial charge in [0.1, 0.15) is 5.82 Å². The predicted octanol–water partition coefficient (Wildman–Crippen LogP) is 5.13. The van der Waals surface area contributed by atoms with Gasteiger partial charge in [-0.05, 0) is 18.4 Å². The molecule has 2 aromatic carbocycles. The highest BCUT2D eigenvalue weighted by molar-refractivity contribution is 5.64. The van der Waals surface area contributed by atoms with E-state index in [9.17, 15) is 0 Å². The van der Waals surface area contributed by atoms with Crippen LogP contribution in [0, 0.1) is 0 Å². The second kappa shape index (κ2) is 8.21. The van der Waals surface area contributed by atoms with Crippen LogP contribution < -0.4 is 10.2 Å². The Morgan fingerprint density at radius 1 is 0.926 bits per heavy atom. The summed E-state index contributed by atoms with van der Waals surface area (Å²) < 4.78 is 0. The largest absolute Gasteiger partial charge is 0.355 e. The van der Waals surface area contributed by atoms with Gasteiger partial charge >= 0.3 is 0 Å². The molecule has 1 heterocycles. The van der Waals surface area contributed by atoms with E-state index in [1.165, 1.54) is 31.2 Å². The minimum Gasteiger partial charge on any atom is -0.355 e. The Bertz CT molecular complexity index is 858. The summed E-state index contributed by atoms with van der Waals surface area (Å²) in [5, 5.41) is 3.56. The van der Waals surface area contributed by atoms with Crippen LogP contribution in [0.1, 0.15) is 31.2 Å². The fourth-order valence-corrected chi connectivity index (χ4v) is 3.64. The molecule has 4 heteroatoms. The molecular weight excluding hydrogens is 332 g/mol. The van der Waals surface area contributed by atoms with Gasteiger partial charge in [0.2, 0.25) is 5.95 Å². The molecule has 1 aliphatic carbocycles. The molecule has 1 N–H and O–H groups in total. The van der Waals surface area contributed by atoms with Crippen molar-refractivity contribution >= 4 is 11.8 Å². The first-order valence-electron chi connectivity index (χ1n) is 9.74. The number of benzene rings is 2. The van der Waals surface area contributed by atoms with Crippen LogP contribution in [0.2, 0.25) is 0 Å². The molecule has 1 saturated carbocycles. The van der Waals surface area contributed by atoms with Crippen LogP contribution >= 0.6 is 0 Å². The minimum absolute atomic E-state index is 0.489. The molecular formula is C23H26N4. The quantitative estimate of drug-likeness (QED) is 0.663. The fourth-order valence-electron chi connectivity index (χ4n) is 3.64. The lowest BCUT2D eigenvalue weighted by Gasteiger charge is -2.21. The molecule has 0 radical (unpaired) electrons. The van der Waals surface area contributed by atoms with E-state index < -0.39 is 0 Å². The zero-order chi connectivity index (χ0) is 18.5. The third kappa shape index (κ3) is 4.45. The number of rotatable bonds is 6. The predicted molar refractivity (Wildman–Crippen MR) is 112 cm³/mol. The Balaban J connectivity index is 1.64. The first kappa shape index (κ1) is 17.5. The SMILES string of the molecule is CN(Cc1ccccc1)c1cc(-c2ccccc2)nc(NC2CCCC2)n1. The van der Waals surface area contributed by atoms with E-state index in [1.54, 1.807) is 0 Å². The van der Waals surface area contributed by atoms with Gasteiger partial charge < -0.3 is 10.2 Å². The van der Waals surface area contributed by atoms with E-state index in [0.29, 0.717) is 6.04 Å². The van der Waals surface area contributed by atoms with Gasteiger partial charge in [-0.2, -0.15) is 4.98 Å². The van der Waals surface area contributed by atoms with Crippen molar-refractivity contribution in [2.45, 2.75) is 38.3 Å². The lowest BCUT2D eigenvalue weighted by atomic mass is 10.1. The summed E-state index contributed by atoms with van der Waals surface area (Å²) in [6.07, 6.45) is 4.98. The summed E-state index contributed by atoms with van der Waals surface area (Å²) >= 11 is 0. The summed E-state index contributed by atoms with van der Waals surface area (Å²) in [6, 6.07) is 23.4. The number of hydrogen-bond acceptors (Lipinski definition) is 4. The average Bonchev–Trinajstić information content (AvgIpc) is 3.22. The summed E-state index contributed by atoms with van der Waals surface area (Å²) in [5.41, 5.74) is 3.34. The van der Waals surface area contributed by atoms with Crippen LogP contribution in [-0.4, -0.2) is 23.1 Å². The van der Waals surface area contributed by atoms with E-state index in [1.807, 2.05) is 12.1 Å². The van der Waals surface area contributed by atoms with Crippen molar-refractivity contribution in [3.8, 4) is 11.3 Å². The van der Waals surface area contributed by atoms with Crippen LogP contribution in [0.15, 0.2) is 66.7 Å². The van der Waals surface area contributed by atoms with E-state index in [-0.39, 0.29) is 0 Å². The summed E-state index contributed by atoms with van der Waals surface area (Å²) in [5.74, 6) is 1.67. The second-order valence-electron chi connectivity index (χ2n) is 7.27. The Labute approximate surface area is 161 Å². The number of anilines is 2. The maximum absolute atomic E-state index is 4.82. The van der Waals surface area contributed by atoms with Crippen molar-refractivity contribution in [1.29, 1.82) is 0 Å². The molecule has 0 spiro atoms. The maximum atomic E-state index is 4.82. The molecule has 0 bridgehead atoms. The monoisotopic (exact) mass is 358 g/mol. The van der Waals surface area contributed by atoms with Gasteiger partial charge in [-0.3, -0.25) is 0 Å². The first-order chi connectivity index (χ1) is 13.3. The van der Waals surface area contributed by atoms with Gasteiger partial charge in [0.15, 0.2) is 0 Å². The number of nitrogens with one attached hydrogen (secondary N) is 1. The van der Waals surface area contributed by atoms with Crippen LogP contribution in [0.25, 0.3) is 11.3 Å². The molecule has 138 valence electrons. The third-order valence-electron chi connectivity index (χ3n) is 5.12. The molecule has 1 aromatic heterocycles. The van der Waals surface area contributed by atoms with E-state index >= 15 is 0 Å². The van der Waals surface area contributed by atoms with Crippen LogP contribution in [0.3, 0.4) is 0 Å².